The van der Waals surface area contributed by atoms with Crippen molar-refractivity contribution < 1.29 is 174 Å². The number of ether oxygens (including phenoxy) is 14. The van der Waals surface area contributed by atoms with Gasteiger partial charge in [-0.05, 0) is 0 Å². The van der Waals surface area contributed by atoms with E-state index in [0.29, 0.717) is 0 Å². The molecule has 21 heterocycles. The highest BCUT2D eigenvalue weighted by Crippen LogP contribution is 2.39. The molecule has 13 unspecified atom stereocenters. The zero-order chi connectivity index (χ0) is 55.4. The molecule has 0 spiro atoms. The highest BCUT2D eigenvalue weighted by Gasteiger charge is 2.60. The SMILES string of the molecule is OC[C@@H]1O[C@H]2OC3C(O)[C@H](O)[C@H](OC4C(O)[C@H](O)[C@@H](OC5C(O)[C@H](O)[C@H](O[C@H]5CO)O[C@]5(O)CO[C@@H](OC6C(O)[C@H](O)[C@@H](OC7C(O)[C@H](O)[C@H](OC1C(O)[C@@H]2O)O[C@H]7CO)O[C@H]6CO)[C@@H](O)C5O)O[C@H]4CO)O[C@H]3CO. The molecule has 0 aliphatic carbocycles. The minimum atomic E-state index is -3.06. The van der Waals surface area contributed by atoms with E-state index in [4.69, 9.17) is 66.3 Å². The summed E-state index contributed by atoms with van der Waals surface area (Å²) in [5.74, 6) is -3.06. The summed E-state index contributed by atoms with van der Waals surface area (Å²) in [5.41, 5.74) is 0. The Kier molecular flexibility index (Phi) is 20.0. The third kappa shape index (κ3) is 11.5. The van der Waals surface area contributed by atoms with Crippen LogP contribution in [0.1, 0.15) is 0 Å². The van der Waals surface area contributed by atoms with Crippen LogP contribution in [0, 0.1) is 0 Å². The second-order valence-corrected chi connectivity index (χ2v) is 19.4. The first-order chi connectivity index (χ1) is 36.1. The van der Waals surface area contributed by atoms with Gasteiger partial charge in [-0.1, -0.05) is 0 Å². The number of hydrogen-bond donors (Lipinski definition) is 21. The van der Waals surface area contributed by atoms with E-state index in [2.05, 4.69) is 0 Å². The molecule has 0 aromatic carbocycles. The number of aliphatic hydroxyl groups is 21. The molecule has 34 atom stereocenters. The number of aliphatic hydroxyl groups excluding tert-OH is 20. The van der Waals surface area contributed by atoms with E-state index in [-0.39, 0.29) is 0 Å². The summed E-state index contributed by atoms with van der Waals surface area (Å²) in [4.78, 5) is 0. The van der Waals surface area contributed by atoms with Gasteiger partial charge in [-0.25, -0.2) is 0 Å². The van der Waals surface area contributed by atoms with Crippen molar-refractivity contribution in [3.8, 4) is 0 Å². The number of hydrogen-bond acceptors (Lipinski definition) is 35. The molecule has 21 saturated heterocycles. The van der Waals surface area contributed by atoms with Gasteiger partial charge in [0.15, 0.2) is 44.0 Å². The Morgan fingerprint density at radius 3 is 0.711 bits per heavy atom. The zero-order valence-corrected chi connectivity index (χ0v) is 39.6. The van der Waals surface area contributed by atoms with Gasteiger partial charge in [0.25, 0.3) is 0 Å². The molecule has 21 rings (SSSR count). The van der Waals surface area contributed by atoms with Crippen LogP contribution in [0.4, 0.5) is 0 Å². The maximum atomic E-state index is 11.4. The zero-order valence-electron chi connectivity index (χ0n) is 39.6. The minimum absolute atomic E-state index is 1.05. The van der Waals surface area contributed by atoms with Crippen molar-refractivity contribution in [2.45, 2.75) is 209 Å². The van der Waals surface area contributed by atoms with E-state index in [1.165, 1.54) is 0 Å². The van der Waals surface area contributed by atoms with Gasteiger partial charge in [-0.15, -0.1) is 0 Å². The Hall–Kier alpha value is -1.40. The van der Waals surface area contributed by atoms with Crippen molar-refractivity contribution in [2.75, 3.05) is 46.2 Å². The molecule has 21 aliphatic heterocycles. The standard InChI is InChI=1S/C41H68O35/c42-1-8-27-14(48)20(54)35(64-8)71-28-9(2-43)65-36(21(55)15(28)49)72-29-10(3-44)66-37(22(56)16(29)50)73-30-11(4-45)67-38(23(57)17(30)51)74-31-12(5-46)68-39(24(58)18(31)52)75-32-13(6-47)69-40(25(59)19(32)53)76-41(62)7-63-34(70-27)26(60)33(41)61/h8-40,42-62H,1-7H2/t8-,9-,10-,11-,12-,13-,14?,15?,16?,17?,18?,19?,20-,21-,22-,23-,24-,25-,26-,27?,28?,29?,30?,31?,32?,33?,34-,35+,36-,37-,38-,39+,40+,41+/m0/s1. The molecule has 21 fully saturated rings. The predicted octanol–water partition coefficient (Wildman–Crippen LogP) is -15.3. The lowest BCUT2D eigenvalue weighted by Crippen LogP contribution is -2.69. The molecular formula is C41H68O35. The topological polar surface area (TPSA) is 554 Å². The van der Waals surface area contributed by atoms with Crippen LogP contribution in [-0.4, -0.2) is 362 Å². The van der Waals surface area contributed by atoms with Crippen molar-refractivity contribution in [1.29, 1.82) is 0 Å². The molecule has 35 nitrogen and oxygen atoms in total. The molecule has 0 aromatic heterocycles. The van der Waals surface area contributed by atoms with E-state index in [9.17, 15) is 107 Å². The molecule has 0 saturated carbocycles. The minimum Gasteiger partial charge on any atom is -0.394 e. The van der Waals surface area contributed by atoms with Gasteiger partial charge < -0.3 is 174 Å². The Labute approximate surface area is 428 Å². The van der Waals surface area contributed by atoms with Crippen molar-refractivity contribution in [2.24, 2.45) is 0 Å². The van der Waals surface area contributed by atoms with Crippen LogP contribution in [0.25, 0.3) is 0 Å². The normalized spacial score (nSPS) is 55.9. The summed E-state index contributed by atoms with van der Waals surface area (Å²) in [6.45, 7) is -7.50. The second-order valence-electron chi connectivity index (χ2n) is 19.4. The Morgan fingerprint density at radius 2 is 0.474 bits per heavy atom. The van der Waals surface area contributed by atoms with Crippen LogP contribution in [0.3, 0.4) is 0 Å². The lowest BCUT2D eigenvalue weighted by Gasteiger charge is -2.50. The van der Waals surface area contributed by atoms with Crippen LogP contribution >= 0.6 is 0 Å². The third-order valence-corrected chi connectivity index (χ3v) is 14.5. The van der Waals surface area contributed by atoms with Gasteiger partial charge in [0, 0.05) is 0 Å². The Morgan fingerprint density at radius 1 is 0.263 bits per heavy atom. The first-order valence-electron chi connectivity index (χ1n) is 24.1. The van der Waals surface area contributed by atoms with Crippen molar-refractivity contribution >= 4 is 0 Å². The van der Waals surface area contributed by atoms with Crippen LogP contribution in [-0.2, 0) is 66.3 Å². The average molecular weight is 1120 g/mol. The molecule has 442 valence electrons. The average Bonchev–Trinajstić information content (AvgIpc) is 3.42. The first kappa shape index (κ1) is 60.7. The first-order valence-corrected chi connectivity index (χ1v) is 24.1. The Bertz CT molecular complexity index is 1820. The van der Waals surface area contributed by atoms with Crippen LogP contribution in [0.5, 0.6) is 0 Å². The lowest BCUT2D eigenvalue weighted by atomic mass is 9.95. The molecule has 35 heteroatoms. The quantitative estimate of drug-likeness (QED) is 0.117. The van der Waals surface area contributed by atoms with E-state index in [0.717, 1.165) is 0 Å². The molecule has 21 aliphatic rings. The highest BCUT2D eigenvalue weighted by atomic mass is 16.8. The van der Waals surface area contributed by atoms with Gasteiger partial charge in [-0.3, -0.25) is 0 Å². The molecule has 21 N–H and O–H groups in total. The van der Waals surface area contributed by atoms with Crippen molar-refractivity contribution in [3.63, 3.8) is 0 Å². The van der Waals surface area contributed by atoms with Crippen LogP contribution < -0.4 is 0 Å². The van der Waals surface area contributed by atoms with Gasteiger partial charge in [0.2, 0.25) is 5.79 Å². The maximum Gasteiger partial charge on any atom is 0.221 e. The van der Waals surface area contributed by atoms with Crippen molar-refractivity contribution in [3.05, 3.63) is 0 Å². The van der Waals surface area contributed by atoms with Gasteiger partial charge >= 0.3 is 0 Å². The van der Waals surface area contributed by atoms with Gasteiger partial charge in [0.05, 0.1) is 39.6 Å². The monoisotopic (exact) mass is 1120 g/mol. The molecule has 14 bridgehead atoms. The van der Waals surface area contributed by atoms with E-state index in [1.54, 1.807) is 0 Å². The van der Waals surface area contributed by atoms with Crippen molar-refractivity contribution in [1.82, 2.24) is 0 Å². The summed E-state index contributed by atoms with van der Waals surface area (Å²) in [6.07, 6.45) is -67.6. The summed E-state index contributed by atoms with van der Waals surface area (Å²) in [6, 6.07) is 0. The van der Waals surface area contributed by atoms with E-state index in [1.807, 2.05) is 0 Å². The largest absolute Gasteiger partial charge is 0.394 e. The van der Waals surface area contributed by atoms with E-state index < -0.39 is 255 Å². The molecular weight excluding hydrogens is 1050 g/mol. The maximum absolute atomic E-state index is 11.4. The summed E-state index contributed by atoms with van der Waals surface area (Å²) >= 11 is 0. The van der Waals surface area contributed by atoms with Crippen LogP contribution in [0.2, 0.25) is 0 Å². The van der Waals surface area contributed by atoms with Gasteiger partial charge in [-0.2, -0.15) is 0 Å². The molecule has 0 radical (unpaired) electrons. The highest BCUT2D eigenvalue weighted by molar-refractivity contribution is 5.01. The van der Waals surface area contributed by atoms with Gasteiger partial charge in [0.1, 0.15) is 165 Å². The Balaban J connectivity index is 1.07. The fourth-order valence-electron chi connectivity index (χ4n) is 10.1. The molecule has 76 heavy (non-hydrogen) atoms. The smallest absolute Gasteiger partial charge is 0.221 e. The molecule has 0 aromatic rings. The fraction of sp³-hybridized carbons (Fsp3) is 1.00. The fourth-order valence-corrected chi connectivity index (χ4v) is 10.1. The molecule has 0 amide bonds. The van der Waals surface area contributed by atoms with E-state index >= 15 is 0 Å². The predicted molar refractivity (Wildman–Crippen MR) is 224 cm³/mol. The summed E-state index contributed by atoms with van der Waals surface area (Å²) in [7, 11) is 0. The lowest BCUT2D eigenvalue weighted by molar-refractivity contribution is -0.433. The second kappa shape index (κ2) is 25.0. The third-order valence-electron chi connectivity index (χ3n) is 14.5. The van der Waals surface area contributed by atoms with Crippen LogP contribution in [0.15, 0.2) is 0 Å². The summed E-state index contributed by atoms with van der Waals surface area (Å²) in [5, 5.41) is 230. The number of rotatable bonds is 6. The summed E-state index contributed by atoms with van der Waals surface area (Å²) < 4.78 is 78.5.